The molecule has 0 atom stereocenters. The third-order valence-electron chi connectivity index (χ3n) is 5.85. The Labute approximate surface area is 218 Å². The van der Waals surface area contributed by atoms with E-state index in [2.05, 4.69) is 103 Å². The van der Waals surface area contributed by atoms with E-state index in [1.165, 1.54) is 33.4 Å². The molecule has 0 amide bonds. The fourth-order valence-electron chi connectivity index (χ4n) is 3.97. The first-order chi connectivity index (χ1) is 12.2. The summed E-state index contributed by atoms with van der Waals surface area (Å²) in [5.74, 6) is 1.10. The number of allylic oxidation sites excluding steroid dienone is 4. The van der Waals surface area contributed by atoms with Crippen molar-refractivity contribution in [2.45, 2.75) is 79.3 Å². The Morgan fingerprint density at radius 2 is 1.27 bits per heavy atom. The molecule has 166 valence electrons. The monoisotopic (exact) mass is 648 g/mol. The minimum Gasteiger partial charge on any atom is -1.00 e. The van der Waals surface area contributed by atoms with Crippen LogP contribution in [-0.2, 0) is 31.3 Å². The number of benzene rings is 1. The molecule has 0 saturated carbocycles. The van der Waals surface area contributed by atoms with Gasteiger partial charge in [-0.3, -0.25) is 0 Å². The first-order valence-corrected chi connectivity index (χ1v) is 17.0. The second kappa shape index (κ2) is 11.3. The van der Waals surface area contributed by atoms with Crippen LogP contribution in [0.3, 0.4) is 0 Å². The van der Waals surface area contributed by atoms with E-state index in [0.29, 0.717) is 0 Å². The molecule has 7 heteroatoms. The quantitative estimate of drug-likeness (QED) is 0.290. The van der Waals surface area contributed by atoms with Crippen molar-refractivity contribution in [3.8, 4) is 0 Å². The number of rotatable bonds is 4. The minimum absolute atomic E-state index is 0. The van der Waals surface area contributed by atoms with Crippen molar-refractivity contribution >= 4 is 22.3 Å². The van der Waals surface area contributed by atoms with Crippen molar-refractivity contribution in [1.82, 2.24) is 4.98 Å². The molecule has 0 bridgehead atoms. The summed E-state index contributed by atoms with van der Waals surface area (Å²) in [6.45, 7) is 25.5. The molecule has 1 aliphatic rings. The van der Waals surface area contributed by atoms with Crippen LogP contribution >= 0.6 is 0 Å². The Bertz CT molecular complexity index is 823. The molecule has 30 heavy (non-hydrogen) atoms. The van der Waals surface area contributed by atoms with E-state index in [0.717, 1.165) is 5.84 Å². The van der Waals surface area contributed by atoms with Gasteiger partial charge in [-0.25, -0.2) is 0 Å². The normalized spacial score (nSPS) is 16.6. The van der Waals surface area contributed by atoms with Gasteiger partial charge in [0.2, 0.25) is 0 Å². The molecule has 0 saturated heterocycles. The molecule has 0 fully saturated rings. The molecule has 1 aliphatic carbocycles. The Kier molecular flexibility index (Phi) is 12.1. The standard InChI is InChI=1S/C23H38N2Si2.2ClH.Hf/c1-16-17(2)19(4)23(5,18(16)3)21-15-13-12-14-20(21)22(24-26(6,7)8)25-27(9,10)11;;;/h12-15H,1-11H3,(H,24,25);2*1H;/q;;;+2/p-2. The molecule has 0 aliphatic heterocycles. The molecule has 0 spiro atoms. The summed E-state index contributed by atoms with van der Waals surface area (Å²) >= 11 is 0. The van der Waals surface area contributed by atoms with Crippen LogP contribution in [0.1, 0.15) is 45.7 Å². The van der Waals surface area contributed by atoms with Crippen molar-refractivity contribution in [3.63, 3.8) is 0 Å². The molecule has 1 aromatic carbocycles. The van der Waals surface area contributed by atoms with Crippen LogP contribution in [0.5, 0.6) is 0 Å². The van der Waals surface area contributed by atoms with Gasteiger partial charge >= 0.3 is 25.8 Å². The van der Waals surface area contributed by atoms with Gasteiger partial charge in [0.25, 0.3) is 0 Å². The van der Waals surface area contributed by atoms with Crippen LogP contribution in [-0.4, -0.2) is 22.3 Å². The van der Waals surface area contributed by atoms with E-state index in [1.807, 2.05) is 0 Å². The average Bonchev–Trinajstić information content (AvgIpc) is 2.68. The molecular formula is C23H38Cl2HfN2Si2. The van der Waals surface area contributed by atoms with Gasteiger partial charge in [-0.1, -0.05) is 55.1 Å². The SMILES string of the molecule is CC1=C(C)C(C)(c2ccccc2C(=N[Si](C)(C)C)N[Si](C)(C)C)C(C)=C1C.[Cl-].[Cl-].[Hf+2]. The maximum Gasteiger partial charge on any atom is 2.00 e. The summed E-state index contributed by atoms with van der Waals surface area (Å²) in [7, 11) is -3.16. The number of nitrogens with one attached hydrogen (secondary N) is 1. The largest absolute Gasteiger partial charge is 2.00 e. The molecule has 1 N–H and O–H groups in total. The second-order valence-corrected chi connectivity index (χ2v) is 19.5. The number of halogens is 2. The molecule has 0 unspecified atom stereocenters. The van der Waals surface area contributed by atoms with Gasteiger partial charge in [0.15, 0.2) is 8.24 Å². The fraction of sp³-hybridized carbons (Fsp3) is 0.522. The zero-order chi connectivity index (χ0) is 20.8. The Morgan fingerprint density at radius 1 is 0.833 bits per heavy atom. The van der Waals surface area contributed by atoms with Crippen molar-refractivity contribution in [3.05, 3.63) is 57.7 Å². The summed E-state index contributed by atoms with van der Waals surface area (Å²) < 4.78 is 5.26. The number of amidine groups is 1. The topological polar surface area (TPSA) is 24.4 Å². The maximum atomic E-state index is 5.26. The van der Waals surface area contributed by atoms with Gasteiger partial charge in [-0.15, -0.1) is 0 Å². The number of nitrogens with zero attached hydrogens (tertiary/aromatic N) is 1. The summed E-state index contributed by atoms with van der Waals surface area (Å²) in [5, 5.41) is 0. The van der Waals surface area contributed by atoms with E-state index in [-0.39, 0.29) is 56.1 Å². The summed E-state index contributed by atoms with van der Waals surface area (Å²) in [6, 6.07) is 8.89. The summed E-state index contributed by atoms with van der Waals surface area (Å²) in [4.78, 5) is 3.85. The number of hydrogen-bond acceptors (Lipinski definition) is 1. The molecular weight excluding hydrogens is 610 g/mol. The van der Waals surface area contributed by atoms with Gasteiger partial charge < -0.3 is 34.5 Å². The smallest absolute Gasteiger partial charge is 1.00 e. The molecule has 0 radical (unpaired) electrons. The Balaban J connectivity index is 0. The van der Waals surface area contributed by atoms with E-state index in [9.17, 15) is 0 Å². The van der Waals surface area contributed by atoms with E-state index in [4.69, 9.17) is 4.66 Å². The van der Waals surface area contributed by atoms with Crippen LogP contribution in [0.2, 0.25) is 39.3 Å². The van der Waals surface area contributed by atoms with Gasteiger partial charge in [-0.05, 0) is 71.0 Å². The summed E-state index contributed by atoms with van der Waals surface area (Å²) in [6.07, 6.45) is 0. The predicted molar refractivity (Wildman–Crippen MR) is 127 cm³/mol. The van der Waals surface area contributed by atoms with Gasteiger partial charge in [0, 0.05) is 11.0 Å². The van der Waals surface area contributed by atoms with Crippen molar-refractivity contribution in [2.24, 2.45) is 4.66 Å². The zero-order valence-corrected chi connectivity index (χ0v) is 27.6. The Hall–Kier alpha value is 0.0539. The summed E-state index contributed by atoms with van der Waals surface area (Å²) in [5.41, 5.74) is 8.38. The van der Waals surface area contributed by atoms with Crippen molar-refractivity contribution < 1.29 is 50.7 Å². The van der Waals surface area contributed by atoms with Crippen LogP contribution in [0.15, 0.2) is 51.2 Å². The van der Waals surface area contributed by atoms with E-state index in [1.54, 1.807) is 0 Å². The van der Waals surface area contributed by atoms with Crippen molar-refractivity contribution in [2.75, 3.05) is 0 Å². The van der Waals surface area contributed by atoms with Crippen LogP contribution in [0.4, 0.5) is 0 Å². The first-order valence-electron chi connectivity index (χ1n) is 10.0. The third-order valence-corrected chi connectivity index (χ3v) is 7.73. The molecule has 2 rings (SSSR count). The average molecular weight is 648 g/mol. The number of hydrogen-bond donors (Lipinski definition) is 1. The van der Waals surface area contributed by atoms with E-state index >= 15 is 0 Å². The fourth-order valence-corrected chi connectivity index (χ4v) is 5.83. The maximum absolute atomic E-state index is 5.26. The first kappa shape index (κ1) is 32.2. The van der Waals surface area contributed by atoms with Crippen LogP contribution in [0, 0.1) is 0 Å². The molecule has 1 aromatic rings. The molecule has 0 aromatic heterocycles. The minimum atomic E-state index is -1.63. The second-order valence-electron chi connectivity index (χ2n) is 10.2. The Morgan fingerprint density at radius 3 is 1.67 bits per heavy atom. The van der Waals surface area contributed by atoms with Crippen LogP contribution in [0.25, 0.3) is 0 Å². The van der Waals surface area contributed by atoms with Gasteiger partial charge in [-0.2, -0.15) is 0 Å². The van der Waals surface area contributed by atoms with Crippen molar-refractivity contribution in [1.29, 1.82) is 0 Å². The molecule has 2 nitrogen and oxygen atoms in total. The van der Waals surface area contributed by atoms with Gasteiger partial charge in [0.05, 0.1) is 0 Å². The van der Waals surface area contributed by atoms with Gasteiger partial charge in [0.1, 0.15) is 14.1 Å². The zero-order valence-electron chi connectivity index (χ0n) is 20.5. The molecule has 0 heterocycles. The predicted octanol–water partition coefficient (Wildman–Crippen LogP) is 0.642. The van der Waals surface area contributed by atoms with E-state index < -0.39 is 16.5 Å². The third kappa shape index (κ3) is 6.77. The van der Waals surface area contributed by atoms with Crippen LogP contribution < -0.4 is 29.8 Å².